The van der Waals surface area contributed by atoms with Gasteiger partial charge >= 0.3 is 0 Å². The van der Waals surface area contributed by atoms with Crippen molar-refractivity contribution in [3.8, 4) is 0 Å². The zero-order valence-electron chi connectivity index (χ0n) is 10.3. The van der Waals surface area contributed by atoms with Crippen LogP contribution in [0.3, 0.4) is 0 Å². The number of aromatic nitrogens is 1. The molecule has 0 radical (unpaired) electrons. The Morgan fingerprint density at radius 3 is 2.89 bits per heavy atom. The summed E-state index contributed by atoms with van der Waals surface area (Å²) >= 11 is 3.44. The summed E-state index contributed by atoms with van der Waals surface area (Å²) in [6.45, 7) is 2.95. The first-order chi connectivity index (χ1) is 8.66. The molecular formula is C14H16BrN3. The summed E-state index contributed by atoms with van der Waals surface area (Å²) in [6, 6.07) is 8.53. The number of nitrogens with two attached hydrogens (primary N) is 1. The number of nitrogens with one attached hydrogen (secondary N) is 1. The van der Waals surface area contributed by atoms with Crippen molar-refractivity contribution >= 4 is 27.3 Å². The highest BCUT2D eigenvalue weighted by atomic mass is 79.9. The highest BCUT2D eigenvalue weighted by molar-refractivity contribution is 9.10. The Balaban J connectivity index is 1.97. The van der Waals surface area contributed by atoms with Crippen LogP contribution in [-0.4, -0.2) is 11.5 Å². The van der Waals surface area contributed by atoms with E-state index in [4.69, 9.17) is 5.73 Å². The Morgan fingerprint density at radius 2 is 2.17 bits per heavy atom. The lowest BCUT2D eigenvalue weighted by molar-refractivity contribution is 1.01. The number of rotatable bonds is 4. The third kappa shape index (κ3) is 3.23. The Bertz CT molecular complexity index is 520. The lowest BCUT2D eigenvalue weighted by Gasteiger charge is -2.11. The van der Waals surface area contributed by atoms with Gasteiger partial charge in [-0.05, 0) is 34.8 Å². The van der Waals surface area contributed by atoms with E-state index in [0.717, 1.165) is 23.1 Å². The van der Waals surface area contributed by atoms with Gasteiger partial charge in [-0.1, -0.05) is 29.8 Å². The molecule has 1 aromatic carbocycles. The molecule has 0 saturated carbocycles. The Labute approximate surface area is 116 Å². The highest BCUT2D eigenvalue weighted by Crippen LogP contribution is 2.26. The molecule has 0 amide bonds. The van der Waals surface area contributed by atoms with E-state index in [-0.39, 0.29) is 0 Å². The third-order valence-corrected chi connectivity index (χ3v) is 3.33. The molecule has 4 heteroatoms. The van der Waals surface area contributed by atoms with Crippen LogP contribution in [0, 0.1) is 6.92 Å². The SMILES string of the molecule is Cc1cccc(CCNc2c(N)cncc2Br)c1. The second kappa shape index (κ2) is 5.87. The number of nitrogen functional groups attached to an aromatic ring is 1. The molecule has 2 aromatic rings. The van der Waals surface area contributed by atoms with Crippen molar-refractivity contribution in [2.45, 2.75) is 13.3 Å². The zero-order chi connectivity index (χ0) is 13.0. The van der Waals surface area contributed by atoms with Crippen molar-refractivity contribution in [3.63, 3.8) is 0 Å². The van der Waals surface area contributed by atoms with Crippen molar-refractivity contribution in [2.24, 2.45) is 0 Å². The van der Waals surface area contributed by atoms with Crippen LogP contribution < -0.4 is 11.1 Å². The summed E-state index contributed by atoms with van der Waals surface area (Å²) in [7, 11) is 0. The zero-order valence-corrected chi connectivity index (χ0v) is 11.9. The number of pyridine rings is 1. The smallest absolute Gasteiger partial charge is 0.0750 e. The summed E-state index contributed by atoms with van der Waals surface area (Å²) in [4.78, 5) is 4.01. The Kier molecular flexibility index (Phi) is 4.20. The fourth-order valence-corrected chi connectivity index (χ4v) is 2.32. The molecule has 0 bridgehead atoms. The molecule has 2 rings (SSSR count). The molecule has 0 unspecified atom stereocenters. The molecule has 94 valence electrons. The molecule has 18 heavy (non-hydrogen) atoms. The maximum Gasteiger partial charge on any atom is 0.0750 e. The van der Waals surface area contributed by atoms with Crippen LogP contribution in [0.2, 0.25) is 0 Å². The molecule has 0 spiro atoms. The van der Waals surface area contributed by atoms with Crippen molar-refractivity contribution in [1.82, 2.24) is 4.98 Å². The maximum atomic E-state index is 5.87. The fourth-order valence-electron chi connectivity index (χ4n) is 1.84. The molecule has 0 aliphatic heterocycles. The largest absolute Gasteiger partial charge is 0.396 e. The van der Waals surface area contributed by atoms with Crippen LogP contribution in [0.15, 0.2) is 41.1 Å². The molecule has 0 fully saturated rings. The molecule has 3 nitrogen and oxygen atoms in total. The van der Waals surface area contributed by atoms with Gasteiger partial charge in [-0.25, -0.2) is 0 Å². The lowest BCUT2D eigenvalue weighted by Crippen LogP contribution is -2.07. The van der Waals surface area contributed by atoms with Crippen LogP contribution in [0.1, 0.15) is 11.1 Å². The predicted octanol–water partition coefficient (Wildman–Crippen LogP) is 3.39. The van der Waals surface area contributed by atoms with Gasteiger partial charge < -0.3 is 11.1 Å². The summed E-state index contributed by atoms with van der Waals surface area (Å²) in [6.07, 6.45) is 4.36. The molecule has 1 aromatic heterocycles. The predicted molar refractivity (Wildman–Crippen MR) is 79.7 cm³/mol. The van der Waals surface area contributed by atoms with E-state index in [1.165, 1.54) is 11.1 Å². The minimum Gasteiger partial charge on any atom is -0.396 e. The van der Waals surface area contributed by atoms with E-state index < -0.39 is 0 Å². The van der Waals surface area contributed by atoms with Crippen LogP contribution in [0.25, 0.3) is 0 Å². The minimum absolute atomic E-state index is 0.661. The van der Waals surface area contributed by atoms with E-state index in [0.29, 0.717) is 5.69 Å². The quantitative estimate of drug-likeness (QED) is 0.910. The van der Waals surface area contributed by atoms with Crippen molar-refractivity contribution in [3.05, 3.63) is 52.3 Å². The number of hydrogen-bond acceptors (Lipinski definition) is 3. The van der Waals surface area contributed by atoms with E-state index >= 15 is 0 Å². The van der Waals surface area contributed by atoms with Gasteiger partial charge in [0.25, 0.3) is 0 Å². The molecule has 0 saturated heterocycles. The molecule has 0 aliphatic rings. The van der Waals surface area contributed by atoms with Gasteiger partial charge in [-0.2, -0.15) is 0 Å². The Morgan fingerprint density at radius 1 is 1.33 bits per heavy atom. The van der Waals surface area contributed by atoms with Crippen LogP contribution in [0.5, 0.6) is 0 Å². The van der Waals surface area contributed by atoms with Crippen molar-refractivity contribution in [1.29, 1.82) is 0 Å². The van der Waals surface area contributed by atoms with Gasteiger partial charge in [0.15, 0.2) is 0 Å². The van der Waals surface area contributed by atoms with Gasteiger partial charge in [0.05, 0.1) is 22.0 Å². The lowest BCUT2D eigenvalue weighted by atomic mass is 10.1. The number of halogens is 1. The summed E-state index contributed by atoms with van der Waals surface area (Å²) in [5.41, 5.74) is 10.1. The highest BCUT2D eigenvalue weighted by Gasteiger charge is 2.03. The second-order valence-electron chi connectivity index (χ2n) is 4.25. The van der Waals surface area contributed by atoms with E-state index in [2.05, 4.69) is 57.4 Å². The molecule has 1 heterocycles. The third-order valence-electron chi connectivity index (χ3n) is 2.73. The van der Waals surface area contributed by atoms with E-state index in [1.54, 1.807) is 12.4 Å². The number of nitrogens with zero attached hydrogens (tertiary/aromatic N) is 1. The average molecular weight is 306 g/mol. The summed E-state index contributed by atoms with van der Waals surface area (Å²) in [5.74, 6) is 0. The van der Waals surface area contributed by atoms with Gasteiger partial charge in [0, 0.05) is 12.7 Å². The summed E-state index contributed by atoms with van der Waals surface area (Å²) < 4.78 is 0.895. The van der Waals surface area contributed by atoms with Crippen LogP contribution in [0.4, 0.5) is 11.4 Å². The summed E-state index contributed by atoms with van der Waals surface area (Å²) in [5, 5.41) is 3.34. The van der Waals surface area contributed by atoms with Crippen molar-refractivity contribution in [2.75, 3.05) is 17.6 Å². The number of anilines is 2. The van der Waals surface area contributed by atoms with E-state index in [1.807, 2.05) is 0 Å². The normalized spacial score (nSPS) is 10.3. The van der Waals surface area contributed by atoms with Gasteiger partial charge in [-0.15, -0.1) is 0 Å². The molecular weight excluding hydrogens is 290 g/mol. The maximum absolute atomic E-state index is 5.87. The molecule has 0 atom stereocenters. The molecule has 0 aliphatic carbocycles. The minimum atomic E-state index is 0.661. The first-order valence-electron chi connectivity index (χ1n) is 5.85. The Hall–Kier alpha value is -1.55. The number of aryl methyl sites for hydroxylation is 1. The number of hydrogen-bond donors (Lipinski definition) is 2. The van der Waals surface area contributed by atoms with Gasteiger partial charge in [-0.3, -0.25) is 4.98 Å². The second-order valence-corrected chi connectivity index (χ2v) is 5.11. The van der Waals surface area contributed by atoms with E-state index in [9.17, 15) is 0 Å². The van der Waals surface area contributed by atoms with Gasteiger partial charge in [0.2, 0.25) is 0 Å². The first-order valence-corrected chi connectivity index (χ1v) is 6.64. The van der Waals surface area contributed by atoms with Crippen LogP contribution >= 0.6 is 15.9 Å². The standard InChI is InChI=1S/C14H16BrN3/c1-10-3-2-4-11(7-10)5-6-18-14-12(15)8-17-9-13(14)16/h2-4,7-9H,5-6,16H2,1H3,(H,17,18). The fraction of sp³-hybridized carbons (Fsp3) is 0.214. The topological polar surface area (TPSA) is 50.9 Å². The van der Waals surface area contributed by atoms with Gasteiger partial charge in [0.1, 0.15) is 0 Å². The van der Waals surface area contributed by atoms with Crippen molar-refractivity contribution < 1.29 is 0 Å². The first kappa shape index (κ1) is 12.9. The monoisotopic (exact) mass is 305 g/mol. The number of benzene rings is 1. The average Bonchev–Trinajstić information content (AvgIpc) is 2.33. The molecule has 3 N–H and O–H groups in total. The van der Waals surface area contributed by atoms with Crippen LogP contribution in [-0.2, 0) is 6.42 Å².